The largest absolute Gasteiger partial charge is 0.450 e. The molecule has 1 fully saturated rings. The maximum atomic E-state index is 13.4. The van der Waals surface area contributed by atoms with Crippen LogP contribution in [0.15, 0.2) is 30.3 Å². The van der Waals surface area contributed by atoms with E-state index in [0.717, 1.165) is 38.6 Å². The number of carbonyl (C=O) groups is 1. The van der Waals surface area contributed by atoms with Gasteiger partial charge in [0, 0.05) is 5.92 Å². The number of benzene rings is 1. The third-order valence-electron chi connectivity index (χ3n) is 5.57. The Morgan fingerprint density at radius 3 is 2.30 bits per heavy atom. The van der Waals surface area contributed by atoms with Crippen molar-refractivity contribution in [2.45, 2.75) is 51.6 Å². The lowest BCUT2D eigenvalue weighted by atomic mass is 9.73. The van der Waals surface area contributed by atoms with Gasteiger partial charge in [0.1, 0.15) is 0 Å². The van der Waals surface area contributed by atoms with Crippen LogP contribution >= 0.6 is 0 Å². The number of rotatable bonds is 9. The number of hydrogen-bond donors (Lipinski definition) is 0. The van der Waals surface area contributed by atoms with E-state index in [0.29, 0.717) is 24.9 Å². The third-order valence-corrected chi connectivity index (χ3v) is 6.13. The standard InChI is InChI=1S/C23H33NO5S/c1-4-24(5-2)18-12-13-19-28-22(25)23(29-30(3,26)27,20-14-8-6-9-15-20)21-16-10-7-11-17-21/h6,8-9,14-15,21H,4-5,7,10-11,16-19H2,1-3H3. The molecule has 166 valence electrons. The molecule has 0 aromatic heterocycles. The van der Waals surface area contributed by atoms with E-state index < -0.39 is 21.7 Å². The highest BCUT2D eigenvalue weighted by atomic mass is 32.2. The van der Waals surface area contributed by atoms with Crippen molar-refractivity contribution in [2.24, 2.45) is 5.92 Å². The van der Waals surface area contributed by atoms with Gasteiger partial charge in [-0.2, -0.15) is 8.42 Å². The Kier molecular flexibility index (Phi) is 9.35. The van der Waals surface area contributed by atoms with Crippen LogP contribution in [0, 0.1) is 17.8 Å². The lowest BCUT2D eigenvalue weighted by Gasteiger charge is -2.39. The van der Waals surface area contributed by atoms with Gasteiger partial charge in [0.25, 0.3) is 10.1 Å². The summed E-state index contributed by atoms with van der Waals surface area (Å²) in [6.45, 7) is 6.40. The van der Waals surface area contributed by atoms with Gasteiger partial charge in [0.2, 0.25) is 5.60 Å². The molecule has 0 N–H and O–H groups in total. The molecule has 1 aliphatic rings. The molecule has 0 aliphatic heterocycles. The maximum Gasteiger partial charge on any atom is 0.345 e. The Morgan fingerprint density at radius 1 is 1.10 bits per heavy atom. The number of hydrogen-bond acceptors (Lipinski definition) is 6. The molecule has 0 heterocycles. The summed E-state index contributed by atoms with van der Waals surface area (Å²) in [5.74, 6) is 4.90. The van der Waals surface area contributed by atoms with Gasteiger partial charge in [-0.3, -0.25) is 4.90 Å². The SMILES string of the molecule is CCN(CC)CC#CCOC(=O)C(OS(C)(=O)=O)(c1ccccc1)C1CCCCC1. The molecule has 1 saturated carbocycles. The number of ether oxygens (including phenoxy) is 1. The normalized spacial score (nSPS) is 17.1. The fourth-order valence-electron chi connectivity index (χ4n) is 3.98. The van der Waals surface area contributed by atoms with E-state index in [2.05, 4.69) is 30.6 Å². The monoisotopic (exact) mass is 435 g/mol. The van der Waals surface area contributed by atoms with Gasteiger partial charge < -0.3 is 4.74 Å². The molecule has 7 heteroatoms. The van der Waals surface area contributed by atoms with Crippen LogP contribution in [0.3, 0.4) is 0 Å². The molecule has 6 nitrogen and oxygen atoms in total. The topological polar surface area (TPSA) is 72.9 Å². The van der Waals surface area contributed by atoms with Gasteiger partial charge in [-0.15, -0.1) is 0 Å². The molecule has 1 unspecified atom stereocenters. The van der Waals surface area contributed by atoms with Crippen molar-refractivity contribution in [3.05, 3.63) is 35.9 Å². The van der Waals surface area contributed by atoms with E-state index in [1.807, 2.05) is 6.07 Å². The van der Waals surface area contributed by atoms with Crippen molar-refractivity contribution < 1.29 is 22.1 Å². The van der Waals surface area contributed by atoms with Gasteiger partial charge in [-0.05, 0) is 31.5 Å². The molecule has 0 radical (unpaired) electrons. The summed E-state index contributed by atoms with van der Waals surface area (Å²) in [4.78, 5) is 15.5. The minimum absolute atomic E-state index is 0.103. The molecule has 0 amide bonds. The Balaban J connectivity index is 2.31. The van der Waals surface area contributed by atoms with Gasteiger partial charge in [-0.25, -0.2) is 8.98 Å². The fourth-order valence-corrected chi connectivity index (χ4v) is 4.76. The van der Waals surface area contributed by atoms with Crippen molar-refractivity contribution in [3.63, 3.8) is 0 Å². The molecule has 0 saturated heterocycles. The van der Waals surface area contributed by atoms with Crippen LogP contribution in [0.4, 0.5) is 0 Å². The fraction of sp³-hybridized carbons (Fsp3) is 0.609. The van der Waals surface area contributed by atoms with E-state index in [1.165, 1.54) is 0 Å². The van der Waals surface area contributed by atoms with Crippen LogP contribution in [0.5, 0.6) is 0 Å². The van der Waals surface area contributed by atoms with E-state index in [9.17, 15) is 13.2 Å². The van der Waals surface area contributed by atoms with Crippen molar-refractivity contribution in [2.75, 3.05) is 32.5 Å². The van der Waals surface area contributed by atoms with Gasteiger partial charge >= 0.3 is 5.97 Å². The summed E-state index contributed by atoms with van der Waals surface area (Å²) in [6, 6.07) is 8.82. The average molecular weight is 436 g/mol. The van der Waals surface area contributed by atoms with Crippen LogP contribution in [0.1, 0.15) is 51.5 Å². The van der Waals surface area contributed by atoms with Crippen molar-refractivity contribution >= 4 is 16.1 Å². The lowest BCUT2D eigenvalue weighted by molar-refractivity contribution is -0.169. The van der Waals surface area contributed by atoms with Crippen LogP contribution in [0.25, 0.3) is 0 Å². The van der Waals surface area contributed by atoms with Crippen molar-refractivity contribution in [1.82, 2.24) is 4.90 Å². The quantitative estimate of drug-likeness (QED) is 0.337. The number of carbonyl (C=O) groups excluding carboxylic acids is 1. The molecule has 0 spiro atoms. The predicted octanol–water partition coefficient (Wildman–Crippen LogP) is 3.33. The highest BCUT2D eigenvalue weighted by molar-refractivity contribution is 7.86. The minimum Gasteiger partial charge on any atom is -0.450 e. The van der Waals surface area contributed by atoms with E-state index in [-0.39, 0.29) is 12.5 Å². The second-order valence-corrected chi connectivity index (χ2v) is 9.19. The molecule has 2 rings (SSSR count). The molecule has 1 aromatic rings. The molecule has 1 aliphatic carbocycles. The van der Waals surface area contributed by atoms with Crippen LogP contribution in [0.2, 0.25) is 0 Å². The molecule has 0 bridgehead atoms. The summed E-state index contributed by atoms with van der Waals surface area (Å²) in [5, 5.41) is 0. The molecular weight excluding hydrogens is 402 g/mol. The van der Waals surface area contributed by atoms with Crippen LogP contribution in [-0.4, -0.2) is 51.8 Å². The lowest BCUT2D eigenvalue weighted by Crippen LogP contribution is -2.48. The second kappa shape index (κ2) is 11.5. The minimum atomic E-state index is -3.92. The molecular formula is C23H33NO5S. The number of esters is 1. The van der Waals surface area contributed by atoms with Gasteiger partial charge in [0.05, 0.1) is 12.8 Å². The van der Waals surface area contributed by atoms with E-state index in [1.54, 1.807) is 24.3 Å². The molecule has 30 heavy (non-hydrogen) atoms. The number of nitrogens with zero attached hydrogens (tertiary/aromatic N) is 1. The van der Waals surface area contributed by atoms with Crippen molar-refractivity contribution in [3.8, 4) is 11.8 Å². The smallest absolute Gasteiger partial charge is 0.345 e. The first-order valence-corrected chi connectivity index (χ1v) is 12.5. The Bertz CT molecular complexity index is 833. The zero-order valence-electron chi connectivity index (χ0n) is 18.2. The van der Waals surface area contributed by atoms with Crippen LogP contribution in [-0.2, 0) is 29.4 Å². The van der Waals surface area contributed by atoms with Crippen molar-refractivity contribution in [1.29, 1.82) is 0 Å². The highest BCUT2D eigenvalue weighted by Gasteiger charge is 2.52. The zero-order chi connectivity index (χ0) is 22.0. The summed E-state index contributed by atoms with van der Waals surface area (Å²) < 4.78 is 35.5. The highest BCUT2D eigenvalue weighted by Crippen LogP contribution is 2.44. The van der Waals surface area contributed by atoms with E-state index >= 15 is 0 Å². The first kappa shape index (κ1) is 24.4. The summed E-state index contributed by atoms with van der Waals surface area (Å²) in [6.07, 6.45) is 5.28. The van der Waals surface area contributed by atoms with Gasteiger partial charge in [0.15, 0.2) is 6.61 Å². The van der Waals surface area contributed by atoms with E-state index in [4.69, 9.17) is 8.92 Å². The predicted molar refractivity (Wildman–Crippen MR) is 117 cm³/mol. The van der Waals surface area contributed by atoms with Gasteiger partial charge in [-0.1, -0.05) is 75.3 Å². The first-order chi connectivity index (χ1) is 14.3. The Hall–Kier alpha value is -1.88. The summed E-state index contributed by atoms with van der Waals surface area (Å²) in [5.41, 5.74) is -1.18. The molecule has 1 aromatic carbocycles. The zero-order valence-corrected chi connectivity index (χ0v) is 19.0. The Morgan fingerprint density at radius 2 is 1.73 bits per heavy atom. The maximum absolute atomic E-state index is 13.4. The Labute approximate surface area is 181 Å². The second-order valence-electron chi connectivity index (χ2n) is 7.62. The third kappa shape index (κ3) is 6.56. The van der Waals surface area contributed by atoms with Crippen LogP contribution < -0.4 is 0 Å². The molecule has 1 atom stereocenters. The average Bonchev–Trinajstić information content (AvgIpc) is 2.75. The summed E-state index contributed by atoms with van der Waals surface area (Å²) >= 11 is 0. The summed E-state index contributed by atoms with van der Waals surface area (Å²) in [7, 11) is -3.92. The first-order valence-electron chi connectivity index (χ1n) is 10.6.